The topological polar surface area (TPSA) is 125 Å². The molecule has 0 heterocycles. The lowest BCUT2D eigenvalue weighted by molar-refractivity contribution is -0.142. The largest absolute Gasteiger partial charge is 0.500 e. The molecule has 0 aromatic heterocycles. The van der Waals surface area contributed by atoms with Crippen LogP contribution in [0.15, 0.2) is 75.3 Å². The number of nitrogens with zero attached hydrogens (tertiary/aromatic N) is 4. The quantitative estimate of drug-likeness (QED) is 0.154. The van der Waals surface area contributed by atoms with E-state index in [9.17, 15) is 14.7 Å². The van der Waals surface area contributed by atoms with Gasteiger partial charge in [0.05, 0.1) is 19.9 Å². The summed E-state index contributed by atoms with van der Waals surface area (Å²) < 4.78 is 9.91. The Hall–Kier alpha value is -4.21. The van der Waals surface area contributed by atoms with Gasteiger partial charge in [-0.2, -0.15) is 5.10 Å². The first-order valence-corrected chi connectivity index (χ1v) is 9.63. The number of carbonyl (C=O) groups is 2. The van der Waals surface area contributed by atoms with Gasteiger partial charge in [-0.25, -0.2) is 10.2 Å². The Bertz CT molecular complexity index is 1030. The normalized spacial score (nSPS) is 11.9. The molecule has 0 spiro atoms. The lowest BCUT2D eigenvalue weighted by atomic mass is 10.2. The highest BCUT2D eigenvalue weighted by Gasteiger charge is 2.22. The molecule has 0 aliphatic rings. The van der Waals surface area contributed by atoms with Gasteiger partial charge in [0.1, 0.15) is 11.4 Å². The number of anilines is 1. The Morgan fingerprint density at radius 3 is 2.44 bits per heavy atom. The first kappa shape index (κ1) is 24.1. The second-order valence-electron chi connectivity index (χ2n) is 6.47. The first-order chi connectivity index (χ1) is 15.4. The number of hydrogen-bond acceptors (Lipinski definition) is 9. The fourth-order valence-corrected chi connectivity index (χ4v) is 2.39. The van der Waals surface area contributed by atoms with Gasteiger partial charge in [0.15, 0.2) is 0 Å². The number of carbonyl (C=O) groups excluding carboxylic acids is 2. The zero-order valence-electron chi connectivity index (χ0n) is 18.3. The third-order valence-corrected chi connectivity index (χ3v) is 4.04. The van der Waals surface area contributed by atoms with E-state index < -0.39 is 23.3 Å². The van der Waals surface area contributed by atoms with E-state index in [1.807, 2.05) is 43.3 Å². The van der Waals surface area contributed by atoms with Crippen LogP contribution in [0.1, 0.15) is 12.5 Å². The molecule has 2 rings (SSSR count). The molecule has 10 heteroatoms. The summed E-state index contributed by atoms with van der Waals surface area (Å²) in [4.78, 5) is 26.4. The van der Waals surface area contributed by atoms with Gasteiger partial charge in [-0.1, -0.05) is 24.3 Å². The summed E-state index contributed by atoms with van der Waals surface area (Å²) in [5.41, 5.74) is 3.59. The van der Waals surface area contributed by atoms with Crippen LogP contribution in [0.5, 0.6) is 5.75 Å². The molecule has 2 aromatic rings. The zero-order valence-corrected chi connectivity index (χ0v) is 18.3. The van der Waals surface area contributed by atoms with Crippen LogP contribution >= 0.6 is 0 Å². The van der Waals surface area contributed by atoms with E-state index >= 15 is 0 Å². The van der Waals surface area contributed by atoms with Crippen molar-refractivity contribution < 1.29 is 24.2 Å². The molecule has 168 valence electrons. The number of benzene rings is 2. The minimum Gasteiger partial charge on any atom is -0.500 e. The molecule has 0 saturated carbocycles. The van der Waals surface area contributed by atoms with E-state index in [4.69, 9.17) is 9.47 Å². The van der Waals surface area contributed by atoms with Gasteiger partial charge in [-0.15, -0.1) is 10.2 Å². The molecule has 0 aliphatic carbocycles. The second-order valence-corrected chi connectivity index (χ2v) is 6.47. The molecule has 0 atom stereocenters. The Labute approximate surface area is 185 Å². The van der Waals surface area contributed by atoms with Crippen molar-refractivity contribution in [2.75, 3.05) is 32.7 Å². The number of ether oxygens (including phenoxy) is 2. The molecule has 32 heavy (non-hydrogen) atoms. The summed E-state index contributed by atoms with van der Waals surface area (Å²) in [6.45, 7) is 1.57. The molecule has 0 saturated heterocycles. The van der Waals surface area contributed by atoms with Gasteiger partial charge in [-0.3, -0.25) is 4.79 Å². The van der Waals surface area contributed by atoms with Crippen molar-refractivity contribution in [1.29, 1.82) is 0 Å². The van der Waals surface area contributed by atoms with E-state index in [1.54, 1.807) is 31.2 Å². The highest BCUT2D eigenvalue weighted by Crippen LogP contribution is 2.27. The van der Waals surface area contributed by atoms with Gasteiger partial charge < -0.3 is 19.5 Å². The lowest BCUT2D eigenvalue weighted by Crippen LogP contribution is -2.22. The molecule has 0 aliphatic heterocycles. The van der Waals surface area contributed by atoms with Crippen molar-refractivity contribution >= 4 is 29.5 Å². The summed E-state index contributed by atoms with van der Waals surface area (Å²) in [7, 11) is 5.30. The van der Waals surface area contributed by atoms with Crippen molar-refractivity contribution in [3.05, 3.63) is 65.6 Å². The molecule has 2 aromatic carbocycles. The summed E-state index contributed by atoms with van der Waals surface area (Å²) in [5.74, 6) is -2.66. The Balaban J connectivity index is 2.25. The molecule has 0 bridgehead atoms. The molecular formula is C22H25N5O5. The summed E-state index contributed by atoms with van der Waals surface area (Å²) in [5, 5.41) is 21.7. The minimum absolute atomic E-state index is 0.00252. The van der Waals surface area contributed by atoms with Gasteiger partial charge >= 0.3 is 5.97 Å². The van der Waals surface area contributed by atoms with Crippen LogP contribution in [0.4, 0.5) is 11.4 Å². The van der Waals surface area contributed by atoms with E-state index in [2.05, 4.69) is 20.8 Å². The van der Waals surface area contributed by atoms with Crippen molar-refractivity contribution in [2.24, 2.45) is 15.3 Å². The van der Waals surface area contributed by atoms with Crippen molar-refractivity contribution in [3.8, 4) is 5.75 Å². The second kappa shape index (κ2) is 11.8. The standard InChI is InChI=1S/C22H25N5O5/c1-5-32-22(30)20(28)19(25-24-17-8-6-7-9-18(17)31-4)21(29)26-23-14-15-10-12-16(13-11-15)27(2)3/h6-14,28H,5H2,1-4H3,(H,26,29)/b20-19-,23-14?,25-24?. The number of methoxy groups -OCH3 is 1. The summed E-state index contributed by atoms with van der Waals surface area (Å²) >= 11 is 0. The smallest absolute Gasteiger partial charge is 0.376 e. The summed E-state index contributed by atoms with van der Waals surface area (Å²) in [6.07, 6.45) is 1.41. The van der Waals surface area contributed by atoms with Crippen LogP contribution in [0.25, 0.3) is 0 Å². The zero-order chi connectivity index (χ0) is 23.5. The number of hydrogen-bond donors (Lipinski definition) is 2. The third-order valence-electron chi connectivity index (χ3n) is 4.04. The average Bonchev–Trinajstić information content (AvgIpc) is 2.79. The predicted molar refractivity (Wildman–Crippen MR) is 120 cm³/mol. The number of para-hydroxylation sites is 1. The maximum atomic E-state index is 12.6. The number of hydrazone groups is 1. The Kier molecular flexibility index (Phi) is 8.91. The van der Waals surface area contributed by atoms with Gasteiger partial charge in [0.2, 0.25) is 11.5 Å². The lowest BCUT2D eigenvalue weighted by Gasteiger charge is -2.11. The molecule has 10 nitrogen and oxygen atoms in total. The van der Waals surface area contributed by atoms with E-state index in [0.29, 0.717) is 11.4 Å². The number of rotatable bonds is 9. The number of amides is 1. The fraction of sp³-hybridized carbons (Fsp3) is 0.227. The van der Waals surface area contributed by atoms with Gasteiger partial charge in [0, 0.05) is 19.8 Å². The van der Waals surface area contributed by atoms with Crippen LogP contribution < -0.4 is 15.1 Å². The molecule has 0 radical (unpaired) electrons. The Morgan fingerprint density at radius 1 is 1.12 bits per heavy atom. The van der Waals surface area contributed by atoms with Gasteiger partial charge in [0.25, 0.3) is 5.91 Å². The molecule has 2 N–H and O–H groups in total. The van der Waals surface area contributed by atoms with Crippen LogP contribution in [0.3, 0.4) is 0 Å². The number of aliphatic hydroxyl groups is 1. The molecular weight excluding hydrogens is 414 g/mol. The molecule has 0 fully saturated rings. The third kappa shape index (κ3) is 6.66. The highest BCUT2D eigenvalue weighted by atomic mass is 16.5. The number of azo groups is 1. The number of aliphatic hydroxyl groups excluding tert-OH is 1. The fourth-order valence-electron chi connectivity index (χ4n) is 2.39. The van der Waals surface area contributed by atoms with Gasteiger partial charge in [-0.05, 0) is 36.8 Å². The molecule has 0 unspecified atom stereocenters. The predicted octanol–water partition coefficient (Wildman–Crippen LogP) is 3.33. The van der Waals surface area contributed by atoms with Crippen LogP contribution in [-0.4, -0.2) is 51.0 Å². The van der Waals surface area contributed by atoms with Crippen LogP contribution in [-0.2, 0) is 14.3 Å². The van der Waals surface area contributed by atoms with Crippen molar-refractivity contribution in [3.63, 3.8) is 0 Å². The summed E-state index contributed by atoms with van der Waals surface area (Å²) in [6, 6.07) is 14.1. The SMILES string of the molecule is CCOC(=O)/C(O)=C(/N=Nc1ccccc1OC)C(=O)NN=Cc1ccc(N(C)C)cc1. The van der Waals surface area contributed by atoms with Crippen LogP contribution in [0.2, 0.25) is 0 Å². The Morgan fingerprint density at radius 2 is 1.81 bits per heavy atom. The van der Waals surface area contributed by atoms with E-state index in [1.165, 1.54) is 13.3 Å². The van der Waals surface area contributed by atoms with Crippen LogP contribution in [0, 0.1) is 0 Å². The van der Waals surface area contributed by atoms with Crippen molar-refractivity contribution in [1.82, 2.24) is 5.43 Å². The monoisotopic (exact) mass is 439 g/mol. The molecule has 1 amide bonds. The number of nitrogens with one attached hydrogen (secondary N) is 1. The average molecular weight is 439 g/mol. The maximum absolute atomic E-state index is 12.6. The maximum Gasteiger partial charge on any atom is 0.376 e. The van der Waals surface area contributed by atoms with E-state index in [-0.39, 0.29) is 6.61 Å². The number of esters is 1. The highest BCUT2D eigenvalue weighted by molar-refractivity contribution is 6.01. The van der Waals surface area contributed by atoms with E-state index in [0.717, 1.165) is 11.3 Å². The van der Waals surface area contributed by atoms with Crippen molar-refractivity contribution in [2.45, 2.75) is 6.92 Å². The minimum atomic E-state index is -1.11. The first-order valence-electron chi connectivity index (χ1n) is 9.63.